The van der Waals surface area contributed by atoms with Crippen LogP contribution in [0.25, 0.3) is 0 Å². The fraction of sp³-hybridized carbons (Fsp3) is 0.250. The lowest BCUT2D eigenvalue weighted by Crippen LogP contribution is -2.37. The minimum absolute atomic E-state index is 0.0341. The molecule has 2 heterocycles. The van der Waals surface area contributed by atoms with Crippen LogP contribution in [0, 0.1) is 6.92 Å². The second-order valence-electron chi connectivity index (χ2n) is 5.21. The first-order chi connectivity index (χ1) is 10.0. The molecule has 1 aliphatic rings. The topological polar surface area (TPSA) is 70.8 Å². The summed E-state index contributed by atoms with van der Waals surface area (Å²) in [4.78, 5) is 25.0. The second-order valence-corrected chi connectivity index (χ2v) is 5.21. The number of furan rings is 1. The number of benzene rings is 1. The normalized spacial score (nSPS) is 14.1. The van der Waals surface area contributed by atoms with Crippen LogP contribution in [-0.2, 0) is 13.0 Å². The lowest BCUT2D eigenvalue weighted by atomic mass is 9.97. The van der Waals surface area contributed by atoms with Crippen molar-refractivity contribution in [2.24, 2.45) is 0 Å². The van der Waals surface area contributed by atoms with Crippen LogP contribution < -0.4 is 0 Å². The van der Waals surface area contributed by atoms with E-state index in [1.807, 2.05) is 25.1 Å². The summed E-state index contributed by atoms with van der Waals surface area (Å²) in [5, 5.41) is 8.84. The van der Waals surface area contributed by atoms with Crippen molar-refractivity contribution in [3.8, 4) is 0 Å². The summed E-state index contributed by atoms with van der Waals surface area (Å²) in [6.45, 7) is 2.86. The minimum Gasteiger partial charge on any atom is -0.475 e. The van der Waals surface area contributed by atoms with E-state index in [2.05, 4.69) is 0 Å². The van der Waals surface area contributed by atoms with Crippen LogP contribution >= 0.6 is 0 Å². The van der Waals surface area contributed by atoms with Crippen LogP contribution in [0.3, 0.4) is 0 Å². The van der Waals surface area contributed by atoms with Crippen molar-refractivity contribution >= 4 is 11.9 Å². The van der Waals surface area contributed by atoms with Gasteiger partial charge in [-0.15, -0.1) is 0 Å². The molecule has 1 N–H and O–H groups in total. The first-order valence-electron chi connectivity index (χ1n) is 6.75. The number of fused-ring (bicyclic) bond motifs is 1. The van der Waals surface area contributed by atoms with Crippen molar-refractivity contribution in [1.29, 1.82) is 0 Å². The zero-order valence-corrected chi connectivity index (χ0v) is 11.6. The second kappa shape index (κ2) is 5.09. The van der Waals surface area contributed by atoms with Crippen molar-refractivity contribution in [1.82, 2.24) is 4.90 Å². The third kappa shape index (κ3) is 2.54. The van der Waals surface area contributed by atoms with Crippen molar-refractivity contribution in [3.05, 3.63) is 58.5 Å². The van der Waals surface area contributed by atoms with Gasteiger partial charge in [-0.3, -0.25) is 4.79 Å². The Bertz CT molecular complexity index is 717. The highest BCUT2D eigenvalue weighted by Gasteiger charge is 2.25. The number of carboxylic acid groups (broad SMARTS) is 1. The molecule has 1 aromatic carbocycles. The molecule has 1 aliphatic heterocycles. The molecule has 1 aromatic heterocycles. The summed E-state index contributed by atoms with van der Waals surface area (Å²) in [5.41, 5.74) is 2.84. The summed E-state index contributed by atoms with van der Waals surface area (Å²) in [6.07, 6.45) is 0.799. The van der Waals surface area contributed by atoms with E-state index in [0.717, 1.165) is 23.1 Å². The molecule has 108 valence electrons. The number of nitrogens with zero attached hydrogens (tertiary/aromatic N) is 1. The Morgan fingerprint density at radius 3 is 2.86 bits per heavy atom. The highest BCUT2D eigenvalue weighted by molar-refractivity contribution is 5.96. The minimum atomic E-state index is -1.10. The Hall–Kier alpha value is -2.56. The highest BCUT2D eigenvalue weighted by Crippen LogP contribution is 2.22. The number of aromatic carboxylic acids is 1. The highest BCUT2D eigenvalue weighted by atomic mass is 16.4. The van der Waals surface area contributed by atoms with Crippen molar-refractivity contribution in [3.63, 3.8) is 0 Å². The number of hydrogen-bond donors (Lipinski definition) is 1. The maximum atomic E-state index is 12.5. The lowest BCUT2D eigenvalue weighted by Gasteiger charge is -2.28. The monoisotopic (exact) mass is 285 g/mol. The molecule has 0 aliphatic carbocycles. The molecule has 0 saturated heterocycles. The van der Waals surface area contributed by atoms with E-state index in [1.54, 1.807) is 11.0 Å². The Morgan fingerprint density at radius 2 is 2.14 bits per heavy atom. The number of carboxylic acids is 1. The van der Waals surface area contributed by atoms with E-state index in [1.165, 1.54) is 6.07 Å². The SMILES string of the molecule is Cc1ccc2c(c1)C(=O)N(Cc1ccc(C(=O)O)o1)CC2. The predicted molar refractivity (Wildman–Crippen MR) is 75.3 cm³/mol. The molecule has 5 heteroatoms. The number of amides is 1. The van der Waals surface area contributed by atoms with Gasteiger partial charge >= 0.3 is 5.97 Å². The lowest BCUT2D eigenvalue weighted by molar-refractivity contribution is 0.0655. The first kappa shape index (κ1) is 13.4. The molecule has 0 unspecified atom stereocenters. The quantitative estimate of drug-likeness (QED) is 0.940. The first-order valence-corrected chi connectivity index (χ1v) is 6.75. The van der Waals surface area contributed by atoms with Gasteiger partial charge in [-0.25, -0.2) is 4.79 Å². The number of aryl methyl sites for hydroxylation is 1. The van der Waals surface area contributed by atoms with E-state index >= 15 is 0 Å². The van der Waals surface area contributed by atoms with Crippen molar-refractivity contribution < 1.29 is 19.1 Å². The molecule has 0 bridgehead atoms. The van der Waals surface area contributed by atoms with Crippen LogP contribution in [0.1, 0.15) is 37.8 Å². The standard InChI is InChI=1S/C16H15NO4/c1-10-2-3-11-6-7-17(15(18)13(11)8-10)9-12-4-5-14(21-12)16(19)20/h2-5,8H,6-7,9H2,1H3,(H,19,20). The van der Waals surface area contributed by atoms with Gasteiger partial charge in [-0.2, -0.15) is 0 Å². The van der Waals surface area contributed by atoms with Gasteiger partial charge in [0.05, 0.1) is 6.54 Å². The molecule has 0 fully saturated rings. The van der Waals surface area contributed by atoms with Gasteiger partial charge in [-0.1, -0.05) is 17.7 Å². The fourth-order valence-corrected chi connectivity index (χ4v) is 2.55. The summed E-state index contributed by atoms with van der Waals surface area (Å²) in [7, 11) is 0. The Balaban J connectivity index is 1.81. The van der Waals surface area contributed by atoms with E-state index in [4.69, 9.17) is 9.52 Å². The molecular weight excluding hydrogens is 270 g/mol. The van der Waals surface area contributed by atoms with Gasteiger partial charge in [0.2, 0.25) is 5.76 Å². The van der Waals surface area contributed by atoms with E-state index < -0.39 is 5.97 Å². The number of carbonyl (C=O) groups excluding carboxylic acids is 1. The third-order valence-corrected chi connectivity index (χ3v) is 3.65. The fourth-order valence-electron chi connectivity index (χ4n) is 2.55. The Kier molecular flexibility index (Phi) is 3.25. The van der Waals surface area contributed by atoms with E-state index in [-0.39, 0.29) is 11.7 Å². The maximum absolute atomic E-state index is 12.5. The Labute approximate surface area is 121 Å². The number of hydrogen-bond acceptors (Lipinski definition) is 3. The van der Waals surface area contributed by atoms with Crippen LogP contribution in [-0.4, -0.2) is 28.4 Å². The predicted octanol–water partition coefficient (Wildman–Crippen LogP) is 2.48. The van der Waals surface area contributed by atoms with E-state index in [9.17, 15) is 9.59 Å². The molecule has 2 aromatic rings. The van der Waals surface area contributed by atoms with Crippen molar-refractivity contribution in [2.75, 3.05) is 6.54 Å². The van der Waals surface area contributed by atoms with Gasteiger partial charge < -0.3 is 14.4 Å². The van der Waals surface area contributed by atoms with E-state index in [0.29, 0.717) is 18.8 Å². The van der Waals surface area contributed by atoms with Crippen LogP contribution in [0.15, 0.2) is 34.7 Å². The van der Waals surface area contributed by atoms with Gasteiger partial charge in [0, 0.05) is 12.1 Å². The summed E-state index contributed by atoms with van der Waals surface area (Å²) < 4.78 is 5.21. The summed E-state index contributed by atoms with van der Waals surface area (Å²) in [5.74, 6) is -0.761. The van der Waals surface area contributed by atoms with Crippen LogP contribution in [0.4, 0.5) is 0 Å². The average Bonchev–Trinajstić information content (AvgIpc) is 2.91. The average molecular weight is 285 g/mol. The smallest absolute Gasteiger partial charge is 0.371 e. The van der Waals surface area contributed by atoms with Crippen molar-refractivity contribution in [2.45, 2.75) is 19.9 Å². The van der Waals surface area contributed by atoms with Gasteiger partial charge in [-0.05, 0) is 37.1 Å². The molecule has 0 saturated carbocycles. The maximum Gasteiger partial charge on any atom is 0.371 e. The third-order valence-electron chi connectivity index (χ3n) is 3.65. The molecule has 0 spiro atoms. The molecule has 1 amide bonds. The zero-order valence-electron chi connectivity index (χ0n) is 11.6. The molecular formula is C16H15NO4. The molecule has 0 atom stereocenters. The molecule has 0 radical (unpaired) electrons. The number of carbonyl (C=O) groups is 2. The van der Waals surface area contributed by atoms with Gasteiger partial charge in [0.15, 0.2) is 0 Å². The molecule has 21 heavy (non-hydrogen) atoms. The largest absolute Gasteiger partial charge is 0.475 e. The zero-order chi connectivity index (χ0) is 15.0. The summed E-state index contributed by atoms with van der Waals surface area (Å²) in [6, 6.07) is 8.91. The molecule has 3 rings (SSSR count). The van der Waals surface area contributed by atoms with Gasteiger partial charge in [0.25, 0.3) is 5.91 Å². The molecule has 5 nitrogen and oxygen atoms in total. The summed E-state index contributed by atoms with van der Waals surface area (Å²) >= 11 is 0. The van der Waals surface area contributed by atoms with Crippen LogP contribution in [0.5, 0.6) is 0 Å². The Morgan fingerprint density at radius 1 is 1.33 bits per heavy atom. The van der Waals surface area contributed by atoms with Crippen LogP contribution in [0.2, 0.25) is 0 Å². The van der Waals surface area contributed by atoms with Gasteiger partial charge in [0.1, 0.15) is 5.76 Å². The number of rotatable bonds is 3.